The maximum Gasteiger partial charge on any atom is 0.151 e. The van der Waals surface area contributed by atoms with Crippen molar-refractivity contribution in [2.45, 2.75) is 50.6 Å². The third-order valence-corrected chi connectivity index (χ3v) is 5.32. The van der Waals surface area contributed by atoms with Crippen LogP contribution in [0.1, 0.15) is 36.9 Å². The quantitative estimate of drug-likeness (QED) is 0.879. The molecule has 1 aliphatic carbocycles. The van der Waals surface area contributed by atoms with Crippen molar-refractivity contribution in [2.75, 3.05) is 18.0 Å². The Morgan fingerprint density at radius 3 is 2.54 bits per heavy atom. The van der Waals surface area contributed by atoms with E-state index in [1.165, 1.54) is 36.9 Å². The van der Waals surface area contributed by atoms with E-state index in [-0.39, 0.29) is 0 Å². The highest BCUT2D eigenvalue weighted by Crippen LogP contribution is 2.22. The highest BCUT2D eigenvalue weighted by Gasteiger charge is 2.24. The molecule has 0 radical (unpaired) electrons. The zero-order chi connectivity index (χ0) is 16.2. The van der Waals surface area contributed by atoms with E-state index in [4.69, 9.17) is 0 Å². The lowest BCUT2D eigenvalue weighted by atomic mass is 10.0. The fraction of sp³-hybridized carbons (Fsp3) is 0.526. The first-order valence-corrected chi connectivity index (χ1v) is 9.10. The molecule has 1 aliphatic heterocycles. The summed E-state index contributed by atoms with van der Waals surface area (Å²) in [6.45, 7) is 2.12. The molecule has 2 aromatic rings. The predicted octanol–water partition coefficient (Wildman–Crippen LogP) is 2.38. The summed E-state index contributed by atoms with van der Waals surface area (Å²) in [5, 5.41) is 12.1. The minimum absolute atomic E-state index is 0.618. The van der Waals surface area contributed by atoms with Gasteiger partial charge in [0, 0.05) is 43.3 Å². The molecule has 0 amide bonds. The number of nitrogens with zero attached hydrogens (tertiary/aromatic N) is 4. The molecule has 3 heterocycles. The van der Waals surface area contributed by atoms with Gasteiger partial charge in [-0.05, 0) is 62.3 Å². The summed E-state index contributed by atoms with van der Waals surface area (Å²) in [6.07, 6.45) is 10.7. The molecule has 1 saturated heterocycles. The summed E-state index contributed by atoms with van der Waals surface area (Å²) in [7, 11) is 0. The minimum Gasteiger partial charge on any atom is -0.355 e. The smallest absolute Gasteiger partial charge is 0.151 e. The monoisotopic (exact) mass is 323 g/mol. The predicted molar refractivity (Wildman–Crippen MR) is 95.1 cm³/mol. The Morgan fingerprint density at radius 1 is 0.917 bits per heavy atom. The van der Waals surface area contributed by atoms with Gasteiger partial charge in [0.2, 0.25) is 0 Å². The molecular weight excluding hydrogens is 298 g/mol. The molecule has 0 bridgehead atoms. The van der Waals surface area contributed by atoms with Gasteiger partial charge < -0.3 is 10.2 Å². The van der Waals surface area contributed by atoms with Crippen molar-refractivity contribution in [1.29, 1.82) is 0 Å². The molecular formula is C19H25N5. The molecule has 2 aromatic heterocycles. The van der Waals surface area contributed by atoms with Gasteiger partial charge in [0.1, 0.15) is 0 Å². The standard InChI is InChI=1S/C19H25N5/c1-3-15-5-6-16(7-8-18(15)20-11-1)22-17-9-13-24(14-10-17)19-4-2-12-21-23-19/h1-4,11-12,16-17,22H,5-10,13-14H2. The van der Waals surface area contributed by atoms with Crippen LogP contribution in [-0.4, -0.2) is 40.4 Å². The Kier molecular flexibility index (Phi) is 4.69. The Morgan fingerprint density at radius 2 is 1.71 bits per heavy atom. The highest BCUT2D eigenvalue weighted by atomic mass is 15.3. The van der Waals surface area contributed by atoms with Crippen LogP contribution in [0.15, 0.2) is 36.7 Å². The molecule has 5 nitrogen and oxygen atoms in total. The summed E-state index contributed by atoms with van der Waals surface area (Å²) >= 11 is 0. The van der Waals surface area contributed by atoms with Gasteiger partial charge >= 0.3 is 0 Å². The van der Waals surface area contributed by atoms with Crippen molar-refractivity contribution in [1.82, 2.24) is 20.5 Å². The number of pyridine rings is 1. The average molecular weight is 323 g/mol. The lowest BCUT2D eigenvalue weighted by molar-refractivity contribution is 0.345. The molecule has 126 valence electrons. The van der Waals surface area contributed by atoms with Crippen LogP contribution >= 0.6 is 0 Å². The summed E-state index contributed by atoms with van der Waals surface area (Å²) in [6, 6.07) is 9.56. The number of anilines is 1. The number of hydrogen-bond donors (Lipinski definition) is 1. The second-order valence-electron chi connectivity index (χ2n) is 6.89. The summed E-state index contributed by atoms with van der Waals surface area (Å²) < 4.78 is 0. The molecule has 1 N–H and O–H groups in total. The Balaban J connectivity index is 1.29. The lowest BCUT2D eigenvalue weighted by Gasteiger charge is -2.34. The second-order valence-corrected chi connectivity index (χ2v) is 6.89. The molecule has 0 saturated carbocycles. The number of aryl methyl sites for hydroxylation is 2. The topological polar surface area (TPSA) is 53.9 Å². The number of aromatic nitrogens is 3. The van der Waals surface area contributed by atoms with Gasteiger partial charge in [-0.3, -0.25) is 4.98 Å². The maximum atomic E-state index is 4.56. The SMILES string of the molecule is c1cnnc(N2CCC(NC3CCc4cccnc4CC3)CC2)c1. The maximum absolute atomic E-state index is 4.56. The van der Waals surface area contributed by atoms with E-state index in [1.807, 2.05) is 12.3 Å². The largest absolute Gasteiger partial charge is 0.355 e. The Hall–Kier alpha value is -2.01. The Bertz CT molecular complexity index is 625. The van der Waals surface area contributed by atoms with Crippen molar-refractivity contribution in [3.05, 3.63) is 47.9 Å². The van der Waals surface area contributed by atoms with Crippen LogP contribution in [0.5, 0.6) is 0 Å². The van der Waals surface area contributed by atoms with Gasteiger partial charge in [-0.25, -0.2) is 0 Å². The fourth-order valence-electron chi connectivity index (χ4n) is 3.95. The highest BCUT2D eigenvalue weighted by molar-refractivity contribution is 5.36. The number of rotatable bonds is 3. The number of hydrogen-bond acceptors (Lipinski definition) is 5. The van der Waals surface area contributed by atoms with Gasteiger partial charge in [0.15, 0.2) is 5.82 Å². The van der Waals surface area contributed by atoms with Crippen molar-refractivity contribution < 1.29 is 0 Å². The number of fused-ring (bicyclic) bond motifs is 1. The van der Waals surface area contributed by atoms with Gasteiger partial charge in [-0.2, -0.15) is 5.10 Å². The summed E-state index contributed by atoms with van der Waals surface area (Å²) in [4.78, 5) is 6.90. The molecule has 24 heavy (non-hydrogen) atoms. The zero-order valence-corrected chi connectivity index (χ0v) is 14.1. The minimum atomic E-state index is 0.618. The van der Waals surface area contributed by atoms with Crippen LogP contribution in [0.2, 0.25) is 0 Å². The van der Waals surface area contributed by atoms with E-state index in [1.54, 1.807) is 6.20 Å². The van der Waals surface area contributed by atoms with Crippen molar-refractivity contribution in [3.63, 3.8) is 0 Å². The van der Waals surface area contributed by atoms with Crippen LogP contribution in [0.4, 0.5) is 5.82 Å². The zero-order valence-electron chi connectivity index (χ0n) is 14.1. The molecule has 0 spiro atoms. The average Bonchev–Trinajstić information content (AvgIpc) is 2.86. The first-order valence-electron chi connectivity index (χ1n) is 9.10. The van der Waals surface area contributed by atoms with Gasteiger partial charge in [0.25, 0.3) is 0 Å². The van der Waals surface area contributed by atoms with E-state index in [9.17, 15) is 0 Å². The van der Waals surface area contributed by atoms with E-state index in [0.29, 0.717) is 12.1 Å². The first kappa shape index (κ1) is 15.5. The molecule has 0 aromatic carbocycles. The molecule has 1 unspecified atom stereocenters. The van der Waals surface area contributed by atoms with Crippen LogP contribution in [0.3, 0.4) is 0 Å². The van der Waals surface area contributed by atoms with Crippen molar-refractivity contribution >= 4 is 5.82 Å². The van der Waals surface area contributed by atoms with Gasteiger partial charge in [0.05, 0.1) is 0 Å². The van der Waals surface area contributed by atoms with E-state index >= 15 is 0 Å². The van der Waals surface area contributed by atoms with Crippen molar-refractivity contribution in [3.8, 4) is 0 Å². The second kappa shape index (κ2) is 7.26. The van der Waals surface area contributed by atoms with E-state index in [0.717, 1.165) is 31.7 Å². The van der Waals surface area contributed by atoms with Gasteiger partial charge in [-0.15, -0.1) is 5.10 Å². The summed E-state index contributed by atoms with van der Waals surface area (Å²) in [5.74, 6) is 1.01. The van der Waals surface area contributed by atoms with E-state index < -0.39 is 0 Å². The molecule has 5 heteroatoms. The lowest BCUT2D eigenvalue weighted by Crippen LogP contribution is -2.46. The fourth-order valence-corrected chi connectivity index (χ4v) is 3.95. The molecule has 4 rings (SSSR count). The van der Waals surface area contributed by atoms with Crippen molar-refractivity contribution in [2.24, 2.45) is 0 Å². The molecule has 1 atom stereocenters. The number of nitrogens with one attached hydrogen (secondary N) is 1. The third kappa shape index (κ3) is 3.56. The molecule has 1 fully saturated rings. The van der Waals surface area contributed by atoms with Crippen LogP contribution in [0.25, 0.3) is 0 Å². The summed E-state index contributed by atoms with van der Waals surface area (Å²) in [5.41, 5.74) is 2.75. The van der Waals surface area contributed by atoms with E-state index in [2.05, 4.69) is 43.6 Å². The first-order chi connectivity index (χ1) is 11.9. The molecule has 2 aliphatic rings. The third-order valence-electron chi connectivity index (χ3n) is 5.32. The Labute approximate surface area is 143 Å². The van der Waals surface area contributed by atoms with Crippen LogP contribution < -0.4 is 10.2 Å². The van der Waals surface area contributed by atoms with Gasteiger partial charge in [-0.1, -0.05) is 6.07 Å². The normalized spacial score (nSPS) is 22.0. The van der Waals surface area contributed by atoms with Crippen LogP contribution in [-0.2, 0) is 12.8 Å². The number of piperidine rings is 1. The van der Waals surface area contributed by atoms with Crippen LogP contribution in [0, 0.1) is 0 Å².